The van der Waals surface area contributed by atoms with Gasteiger partial charge in [0.2, 0.25) is 0 Å². The van der Waals surface area contributed by atoms with Crippen LogP contribution in [0.2, 0.25) is 0 Å². The van der Waals surface area contributed by atoms with Gasteiger partial charge in [0, 0.05) is 44.0 Å². The van der Waals surface area contributed by atoms with Crippen molar-refractivity contribution in [2.75, 3.05) is 32.7 Å². The van der Waals surface area contributed by atoms with E-state index in [-0.39, 0.29) is 18.1 Å². The molecule has 0 aliphatic carbocycles. The molecule has 0 atom stereocenters. The Bertz CT molecular complexity index is 824. The van der Waals surface area contributed by atoms with Gasteiger partial charge in [-0.1, -0.05) is 30.3 Å². The number of carbonyl (C=O) groups excluding carboxylic acids is 1. The molecule has 3 rings (SSSR count). The largest absolute Gasteiger partial charge is 0.334 e. The molecule has 0 saturated carbocycles. The van der Waals surface area contributed by atoms with Crippen molar-refractivity contribution in [3.8, 4) is 0 Å². The monoisotopic (exact) mass is 368 g/mol. The van der Waals surface area contributed by atoms with Crippen LogP contribution in [0.4, 0.5) is 4.79 Å². The Morgan fingerprint density at radius 3 is 2.48 bits per heavy atom. The highest BCUT2D eigenvalue weighted by Crippen LogP contribution is 2.07. The molecule has 0 radical (unpaired) electrons. The number of aromatic amines is 1. The number of nitrogens with zero attached hydrogens (tertiary/aromatic N) is 2. The van der Waals surface area contributed by atoms with Gasteiger partial charge in [0.05, 0.1) is 6.54 Å². The van der Waals surface area contributed by atoms with Gasteiger partial charge in [-0.25, -0.2) is 4.79 Å². The van der Waals surface area contributed by atoms with E-state index in [0.29, 0.717) is 18.7 Å². The average Bonchev–Trinajstić information content (AvgIpc) is 2.66. The minimum Gasteiger partial charge on any atom is -0.334 e. The molecule has 1 aliphatic rings. The van der Waals surface area contributed by atoms with Crippen LogP contribution in [0.5, 0.6) is 0 Å². The third kappa shape index (κ3) is 5.20. The molecule has 2 N–H and O–H groups in total. The fraction of sp³-hybridized carbons (Fsp3) is 0.429. The highest BCUT2D eigenvalue weighted by Gasteiger charge is 2.21. The van der Waals surface area contributed by atoms with Gasteiger partial charge < -0.3 is 15.2 Å². The number of pyridine rings is 1. The van der Waals surface area contributed by atoms with Crippen LogP contribution in [0, 0.1) is 13.8 Å². The Labute approximate surface area is 160 Å². The van der Waals surface area contributed by atoms with E-state index in [2.05, 4.69) is 39.5 Å². The van der Waals surface area contributed by atoms with Gasteiger partial charge in [0.25, 0.3) is 5.56 Å². The topological polar surface area (TPSA) is 68.4 Å². The van der Waals surface area contributed by atoms with Crippen LogP contribution in [-0.4, -0.2) is 53.5 Å². The molecule has 2 aromatic rings. The molecule has 2 heterocycles. The van der Waals surface area contributed by atoms with Gasteiger partial charge in [0.1, 0.15) is 0 Å². The number of piperazine rings is 1. The fourth-order valence-corrected chi connectivity index (χ4v) is 3.48. The van der Waals surface area contributed by atoms with E-state index < -0.39 is 0 Å². The van der Waals surface area contributed by atoms with E-state index in [1.54, 1.807) is 0 Å². The summed E-state index contributed by atoms with van der Waals surface area (Å²) in [5.74, 6) is 0. The van der Waals surface area contributed by atoms with E-state index in [1.165, 1.54) is 5.56 Å². The third-order valence-corrected chi connectivity index (χ3v) is 5.13. The van der Waals surface area contributed by atoms with E-state index in [4.69, 9.17) is 0 Å². The molecule has 1 aromatic carbocycles. The van der Waals surface area contributed by atoms with Gasteiger partial charge >= 0.3 is 6.03 Å². The first-order valence-electron chi connectivity index (χ1n) is 9.51. The summed E-state index contributed by atoms with van der Waals surface area (Å²) in [5, 5.41) is 2.89. The lowest BCUT2D eigenvalue weighted by molar-refractivity contribution is 0.140. The number of rotatable bonds is 5. The van der Waals surface area contributed by atoms with E-state index in [1.807, 2.05) is 30.9 Å². The lowest BCUT2D eigenvalue weighted by Gasteiger charge is -2.34. The number of aromatic nitrogens is 1. The Kier molecular flexibility index (Phi) is 6.29. The highest BCUT2D eigenvalue weighted by atomic mass is 16.2. The van der Waals surface area contributed by atoms with Crippen molar-refractivity contribution >= 4 is 6.03 Å². The zero-order valence-corrected chi connectivity index (χ0v) is 16.1. The number of nitrogens with one attached hydrogen (secondary N) is 2. The summed E-state index contributed by atoms with van der Waals surface area (Å²) >= 11 is 0. The van der Waals surface area contributed by atoms with Gasteiger partial charge in [0.15, 0.2) is 0 Å². The maximum Gasteiger partial charge on any atom is 0.317 e. The quantitative estimate of drug-likeness (QED) is 0.849. The molecule has 1 aliphatic heterocycles. The Morgan fingerprint density at radius 1 is 1.11 bits per heavy atom. The first-order chi connectivity index (χ1) is 13.0. The molecule has 1 saturated heterocycles. The number of hydrogen-bond donors (Lipinski definition) is 2. The number of benzene rings is 1. The standard InChI is InChI=1S/C21H28N4O2/c1-16-14-17(2)23-20(26)19(16)15-22-21(27)25-12-10-24(11-13-25)9-8-18-6-4-3-5-7-18/h3-7,14H,8-13,15H2,1-2H3,(H,22,27)(H,23,26). The zero-order valence-electron chi connectivity index (χ0n) is 16.1. The molecule has 1 aromatic heterocycles. The number of H-pyrrole nitrogens is 1. The van der Waals surface area contributed by atoms with Crippen molar-refractivity contribution in [2.45, 2.75) is 26.8 Å². The van der Waals surface area contributed by atoms with Crippen LogP contribution in [0.1, 0.15) is 22.4 Å². The van der Waals surface area contributed by atoms with Gasteiger partial charge in [-0.2, -0.15) is 0 Å². The third-order valence-electron chi connectivity index (χ3n) is 5.13. The number of amides is 2. The Morgan fingerprint density at radius 2 is 1.81 bits per heavy atom. The normalized spacial score (nSPS) is 15.0. The van der Waals surface area contributed by atoms with Crippen molar-refractivity contribution < 1.29 is 4.79 Å². The molecule has 27 heavy (non-hydrogen) atoms. The predicted molar refractivity (Wildman–Crippen MR) is 107 cm³/mol. The molecule has 0 unspecified atom stereocenters. The van der Waals surface area contributed by atoms with Crippen molar-refractivity contribution in [3.05, 3.63) is 69.1 Å². The van der Waals surface area contributed by atoms with Crippen LogP contribution >= 0.6 is 0 Å². The van der Waals surface area contributed by atoms with Crippen molar-refractivity contribution in [1.29, 1.82) is 0 Å². The molecule has 144 valence electrons. The van der Waals surface area contributed by atoms with E-state index in [0.717, 1.165) is 37.3 Å². The highest BCUT2D eigenvalue weighted by molar-refractivity contribution is 5.74. The minimum atomic E-state index is -0.126. The van der Waals surface area contributed by atoms with Crippen LogP contribution in [0.3, 0.4) is 0 Å². The van der Waals surface area contributed by atoms with E-state index >= 15 is 0 Å². The second-order valence-electron chi connectivity index (χ2n) is 7.17. The first kappa shape index (κ1) is 19.2. The van der Waals surface area contributed by atoms with Gasteiger partial charge in [-0.05, 0) is 37.5 Å². The molecule has 6 nitrogen and oxygen atoms in total. The molecule has 1 fully saturated rings. The fourth-order valence-electron chi connectivity index (χ4n) is 3.48. The minimum absolute atomic E-state index is 0.0999. The molecule has 6 heteroatoms. The van der Waals surface area contributed by atoms with Crippen LogP contribution < -0.4 is 10.9 Å². The second-order valence-corrected chi connectivity index (χ2v) is 7.17. The summed E-state index contributed by atoms with van der Waals surface area (Å²) in [6, 6.07) is 12.3. The summed E-state index contributed by atoms with van der Waals surface area (Å²) in [6.07, 6.45) is 1.03. The molecule has 2 amide bonds. The lowest BCUT2D eigenvalue weighted by atomic mass is 10.1. The Balaban J connectivity index is 1.44. The Hall–Kier alpha value is -2.60. The summed E-state index contributed by atoms with van der Waals surface area (Å²) in [6.45, 7) is 8.21. The average molecular weight is 368 g/mol. The molecular formula is C21H28N4O2. The summed E-state index contributed by atoms with van der Waals surface area (Å²) in [4.78, 5) is 31.5. The van der Waals surface area contributed by atoms with Gasteiger partial charge in [-0.3, -0.25) is 9.69 Å². The summed E-state index contributed by atoms with van der Waals surface area (Å²) < 4.78 is 0. The lowest BCUT2D eigenvalue weighted by Crippen LogP contribution is -2.52. The van der Waals surface area contributed by atoms with Crippen LogP contribution in [-0.2, 0) is 13.0 Å². The van der Waals surface area contributed by atoms with Crippen molar-refractivity contribution in [1.82, 2.24) is 20.1 Å². The maximum absolute atomic E-state index is 12.4. The van der Waals surface area contributed by atoms with Crippen molar-refractivity contribution in [2.24, 2.45) is 0 Å². The number of carbonyl (C=O) groups is 1. The zero-order chi connectivity index (χ0) is 19.2. The van der Waals surface area contributed by atoms with Crippen LogP contribution in [0.25, 0.3) is 0 Å². The molecular weight excluding hydrogens is 340 g/mol. The summed E-state index contributed by atoms with van der Waals surface area (Å²) in [5.41, 5.74) is 3.58. The van der Waals surface area contributed by atoms with Crippen molar-refractivity contribution in [3.63, 3.8) is 0 Å². The number of hydrogen-bond acceptors (Lipinski definition) is 3. The smallest absolute Gasteiger partial charge is 0.317 e. The SMILES string of the molecule is Cc1cc(C)c(CNC(=O)N2CCN(CCc3ccccc3)CC2)c(=O)[nH]1. The predicted octanol–water partition coefficient (Wildman–Crippen LogP) is 2.06. The maximum atomic E-state index is 12.4. The second kappa shape index (κ2) is 8.86. The van der Waals surface area contributed by atoms with E-state index in [9.17, 15) is 9.59 Å². The molecule has 0 spiro atoms. The molecule has 0 bridgehead atoms. The van der Waals surface area contributed by atoms with Gasteiger partial charge in [-0.15, -0.1) is 0 Å². The number of aryl methyl sites for hydroxylation is 2. The first-order valence-corrected chi connectivity index (χ1v) is 9.51. The van der Waals surface area contributed by atoms with Crippen LogP contribution in [0.15, 0.2) is 41.2 Å². The summed E-state index contributed by atoms with van der Waals surface area (Å²) in [7, 11) is 0. The number of urea groups is 1.